The molecular formula is C18H27NO2. The summed E-state index contributed by atoms with van der Waals surface area (Å²) < 4.78 is 5.36. The molecule has 1 aromatic rings. The van der Waals surface area contributed by atoms with Crippen LogP contribution in [-0.2, 0) is 16.1 Å². The number of benzene rings is 1. The van der Waals surface area contributed by atoms with Crippen LogP contribution in [0.25, 0.3) is 0 Å². The fraction of sp³-hybridized carbons (Fsp3) is 0.611. The van der Waals surface area contributed by atoms with E-state index in [0.717, 1.165) is 32.2 Å². The summed E-state index contributed by atoms with van der Waals surface area (Å²) in [7, 11) is 0. The molecule has 1 aliphatic rings. The highest BCUT2D eigenvalue weighted by molar-refractivity contribution is 5.81. The minimum atomic E-state index is -0.495. The Morgan fingerprint density at radius 1 is 1.33 bits per heavy atom. The van der Waals surface area contributed by atoms with Crippen LogP contribution in [0, 0.1) is 5.92 Å². The Morgan fingerprint density at radius 2 is 2.10 bits per heavy atom. The van der Waals surface area contributed by atoms with E-state index in [1.165, 1.54) is 12.0 Å². The zero-order chi connectivity index (χ0) is 15.1. The molecule has 2 atom stereocenters. The van der Waals surface area contributed by atoms with Gasteiger partial charge in [0, 0.05) is 6.54 Å². The molecule has 2 rings (SSSR count). The fourth-order valence-corrected chi connectivity index (χ4v) is 3.29. The third-order valence-electron chi connectivity index (χ3n) is 4.57. The average molecular weight is 289 g/mol. The molecule has 2 unspecified atom stereocenters. The van der Waals surface area contributed by atoms with E-state index in [0.29, 0.717) is 12.5 Å². The third-order valence-corrected chi connectivity index (χ3v) is 4.57. The predicted octanol–water partition coefficient (Wildman–Crippen LogP) is 3.68. The predicted molar refractivity (Wildman–Crippen MR) is 84.9 cm³/mol. The van der Waals surface area contributed by atoms with Crippen molar-refractivity contribution in [1.29, 1.82) is 0 Å². The second-order valence-electron chi connectivity index (χ2n) is 6.01. The lowest BCUT2D eigenvalue weighted by Gasteiger charge is -2.39. The Labute approximate surface area is 128 Å². The van der Waals surface area contributed by atoms with Crippen LogP contribution in [0.2, 0.25) is 0 Å². The highest BCUT2D eigenvalue weighted by Gasteiger charge is 2.43. The van der Waals surface area contributed by atoms with E-state index in [1.54, 1.807) is 0 Å². The van der Waals surface area contributed by atoms with E-state index in [1.807, 2.05) is 25.1 Å². The van der Waals surface area contributed by atoms with Crippen molar-refractivity contribution >= 4 is 5.97 Å². The Balaban J connectivity index is 2.09. The number of nitrogens with one attached hydrogen (secondary N) is 1. The molecule has 0 heterocycles. The van der Waals surface area contributed by atoms with Crippen molar-refractivity contribution in [3.8, 4) is 0 Å². The van der Waals surface area contributed by atoms with Gasteiger partial charge in [-0.25, -0.2) is 0 Å². The topological polar surface area (TPSA) is 38.3 Å². The van der Waals surface area contributed by atoms with E-state index in [9.17, 15) is 4.79 Å². The molecule has 0 bridgehead atoms. The van der Waals surface area contributed by atoms with Crippen LogP contribution in [0.3, 0.4) is 0 Å². The van der Waals surface area contributed by atoms with Gasteiger partial charge in [-0.1, -0.05) is 56.5 Å². The van der Waals surface area contributed by atoms with Crippen LogP contribution in [0.4, 0.5) is 0 Å². The molecule has 0 saturated heterocycles. The minimum absolute atomic E-state index is 0.0703. The van der Waals surface area contributed by atoms with Gasteiger partial charge in [-0.2, -0.15) is 0 Å². The van der Waals surface area contributed by atoms with Crippen LogP contribution < -0.4 is 5.32 Å². The number of rotatable bonds is 6. The van der Waals surface area contributed by atoms with Crippen molar-refractivity contribution in [3.05, 3.63) is 35.9 Å². The molecule has 3 nitrogen and oxygen atoms in total. The van der Waals surface area contributed by atoms with Gasteiger partial charge in [0.25, 0.3) is 0 Å². The first kappa shape index (κ1) is 16.0. The van der Waals surface area contributed by atoms with Gasteiger partial charge in [-0.05, 0) is 31.2 Å². The summed E-state index contributed by atoms with van der Waals surface area (Å²) >= 11 is 0. The standard InChI is InChI=1S/C18H27NO2/c1-3-15-11-8-12-18(13-15,17(20)21-4-2)19-14-16-9-6-5-7-10-16/h5-7,9-10,15,19H,3-4,8,11-14H2,1-2H3. The molecule has 0 radical (unpaired) electrons. The lowest BCUT2D eigenvalue weighted by molar-refractivity contribution is -0.153. The van der Waals surface area contributed by atoms with Crippen molar-refractivity contribution in [2.24, 2.45) is 5.92 Å². The Morgan fingerprint density at radius 3 is 2.76 bits per heavy atom. The molecule has 0 aromatic heterocycles. The molecule has 116 valence electrons. The van der Waals surface area contributed by atoms with Gasteiger partial charge < -0.3 is 4.74 Å². The number of ether oxygens (including phenoxy) is 1. The number of esters is 1. The van der Waals surface area contributed by atoms with Crippen LogP contribution in [-0.4, -0.2) is 18.1 Å². The van der Waals surface area contributed by atoms with Crippen molar-refractivity contribution in [2.45, 2.75) is 58.0 Å². The highest BCUT2D eigenvalue weighted by Crippen LogP contribution is 2.35. The largest absolute Gasteiger partial charge is 0.465 e. The van der Waals surface area contributed by atoms with Gasteiger partial charge in [0.15, 0.2) is 0 Å². The molecular weight excluding hydrogens is 262 g/mol. The normalized spacial score (nSPS) is 25.5. The Kier molecular flexibility index (Phi) is 5.80. The summed E-state index contributed by atoms with van der Waals surface area (Å²) in [6, 6.07) is 10.3. The van der Waals surface area contributed by atoms with Gasteiger partial charge in [0.2, 0.25) is 0 Å². The maximum atomic E-state index is 12.5. The molecule has 1 fully saturated rings. The van der Waals surface area contributed by atoms with Gasteiger partial charge in [0.1, 0.15) is 5.54 Å². The summed E-state index contributed by atoms with van der Waals surface area (Å²) in [5.74, 6) is 0.547. The smallest absolute Gasteiger partial charge is 0.326 e. The first-order chi connectivity index (χ1) is 10.2. The molecule has 1 saturated carbocycles. The summed E-state index contributed by atoms with van der Waals surface area (Å²) in [5.41, 5.74) is 0.713. The van der Waals surface area contributed by atoms with Crippen LogP contribution in [0.5, 0.6) is 0 Å². The molecule has 1 aromatic carbocycles. The number of hydrogen-bond acceptors (Lipinski definition) is 3. The van der Waals surface area contributed by atoms with Gasteiger partial charge in [-0.3, -0.25) is 10.1 Å². The Hall–Kier alpha value is -1.35. The van der Waals surface area contributed by atoms with Gasteiger partial charge in [0.05, 0.1) is 6.61 Å². The molecule has 0 amide bonds. The van der Waals surface area contributed by atoms with E-state index in [-0.39, 0.29) is 5.97 Å². The quantitative estimate of drug-likeness (QED) is 0.812. The van der Waals surface area contributed by atoms with Crippen LogP contribution in [0.1, 0.15) is 51.5 Å². The van der Waals surface area contributed by atoms with Crippen molar-refractivity contribution < 1.29 is 9.53 Å². The lowest BCUT2D eigenvalue weighted by Crippen LogP contribution is -2.55. The maximum Gasteiger partial charge on any atom is 0.326 e. The first-order valence-corrected chi connectivity index (χ1v) is 8.16. The molecule has 1 aliphatic carbocycles. The Bertz CT molecular complexity index is 446. The van der Waals surface area contributed by atoms with Crippen molar-refractivity contribution in [3.63, 3.8) is 0 Å². The van der Waals surface area contributed by atoms with Gasteiger partial charge in [-0.15, -0.1) is 0 Å². The minimum Gasteiger partial charge on any atom is -0.465 e. The van der Waals surface area contributed by atoms with E-state index < -0.39 is 5.54 Å². The second-order valence-corrected chi connectivity index (χ2v) is 6.01. The molecule has 1 N–H and O–H groups in total. The first-order valence-electron chi connectivity index (χ1n) is 8.16. The van der Waals surface area contributed by atoms with Gasteiger partial charge >= 0.3 is 5.97 Å². The third kappa shape index (κ3) is 4.07. The van der Waals surface area contributed by atoms with Crippen LogP contribution >= 0.6 is 0 Å². The number of carbonyl (C=O) groups is 1. The second kappa shape index (κ2) is 7.60. The van der Waals surface area contributed by atoms with Crippen molar-refractivity contribution in [1.82, 2.24) is 5.32 Å². The SMILES string of the molecule is CCOC(=O)C1(NCc2ccccc2)CCCC(CC)C1. The summed E-state index contributed by atoms with van der Waals surface area (Å²) in [5, 5.41) is 3.53. The molecule has 3 heteroatoms. The monoisotopic (exact) mass is 289 g/mol. The number of carbonyl (C=O) groups excluding carboxylic acids is 1. The fourth-order valence-electron chi connectivity index (χ4n) is 3.29. The molecule has 0 aliphatic heterocycles. The van der Waals surface area contributed by atoms with E-state index in [2.05, 4.69) is 24.4 Å². The number of hydrogen-bond donors (Lipinski definition) is 1. The summed E-state index contributed by atoms with van der Waals surface area (Å²) in [6.45, 7) is 5.26. The van der Waals surface area contributed by atoms with E-state index in [4.69, 9.17) is 4.74 Å². The summed E-state index contributed by atoms with van der Waals surface area (Å²) in [4.78, 5) is 12.5. The highest BCUT2D eigenvalue weighted by atomic mass is 16.5. The molecule has 21 heavy (non-hydrogen) atoms. The molecule has 0 spiro atoms. The van der Waals surface area contributed by atoms with Crippen molar-refractivity contribution in [2.75, 3.05) is 6.61 Å². The zero-order valence-corrected chi connectivity index (χ0v) is 13.2. The van der Waals surface area contributed by atoms with E-state index >= 15 is 0 Å². The van der Waals surface area contributed by atoms with Crippen LogP contribution in [0.15, 0.2) is 30.3 Å². The summed E-state index contributed by atoms with van der Waals surface area (Å²) in [6.07, 6.45) is 5.24. The average Bonchev–Trinajstić information content (AvgIpc) is 2.54. The zero-order valence-electron chi connectivity index (χ0n) is 13.2. The maximum absolute atomic E-state index is 12.5. The lowest BCUT2D eigenvalue weighted by atomic mass is 9.74.